The molecule has 0 aromatic heterocycles. The fourth-order valence-corrected chi connectivity index (χ4v) is 2.15. The number of hydrogen-bond acceptors (Lipinski definition) is 3. The fraction of sp³-hybridized carbons (Fsp3) is 0.889. The Hall–Kier alpha value is -0.610. The molecule has 2 rings (SSSR count). The van der Waals surface area contributed by atoms with Gasteiger partial charge in [-0.05, 0) is 12.8 Å². The van der Waals surface area contributed by atoms with Gasteiger partial charge in [0.1, 0.15) is 0 Å². The molecular formula is C9H17N3O. The van der Waals surface area contributed by atoms with E-state index >= 15 is 0 Å². The lowest BCUT2D eigenvalue weighted by Crippen LogP contribution is -2.63. The van der Waals surface area contributed by atoms with Crippen LogP contribution in [0.1, 0.15) is 12.8 Å². The van der Waals surface area contributed by atoms with Crippen molar-refractivity contribution in [1.82, 2.24) is 9.80 Å². The molecule has 2 aliphatic rings. The molecule has 2 saturated heterocycles. The summed E-state index contributed by atoms with van der Waals surface area (Å²) in [7, 11) is 1.88. The molecule has 0 radical (unpaired) electrons. The molecule has 1 unspecified atom stereocenters. The van der Waals surface area contributed by atoms with E-state index in [2.05, 4.69) is 4.90 Å². The summed E-state index contributed by atoms with van der Waals surface area (Å²) in [6, 6.07) is 0.415. The van der Waals surface area contributed by atoms with Crippen LogP contribution < -0.4 is 5.73 Å². The molecule has 1 atom stereocenters. The van der Waals surface area contributed by atoms with Gasteiger partial charge >= 0.3 is 0 Å². The predicted molar refractivity (Wildman–Crippen MR) is 50.2 cm³/mol. The van der Waals surface area contributed by atoms with Crippen molar-refractivity contribution in [3.05, 3.63) is 0 Å². The first kappa shape index (κ1) is 8.97. The Kier molecular flexibility index (Phi) is 2.26. The second kappa shape index (κ2) is 3.27. The first-order valence-electron chi connectivity index (χ1n) is 4.93. The predicted octanol–water partition coefficient (Wildman–Crippen LogP) is -0.750. The van der Waals surface area contributed by atoms with Crippen LogP contribution in [0.2, 0.25) is 0 Å². The number of nitrogens with two attached hydrogens (primary N) is 1. The highest BCUT2D eigenvalue weighted by Gasteiger charge is 2.37. The van der Waals surface area contributed by atoms with E-state index in [0.717, 1.165) is 32.5 Å². The van der Waals surface area contributed by atoms with Crippen molar-refractivity contribution in [2.75, 3.05) is 26.7 Å². The molecule has 0 bridgehead atoms. The molecule has 0 aromatic carbocycles. The van der Waals surface area contributed by atoms with Crippen LogP contribution >= 0.6 is 0 Å². The lowest BCUT2D eigenvalue weighted by Gasteiger charge is -2.44. The summed E-state index contributed by atoms with van der Waals surface area (Å²) in [4.78, 5) is 15.7. The summed E-state index contributed by atoms with van der Waals surface area (Å²) in [6.07, 6.45) is 2.13. The van der Waals surface area contributed by atoms with Gasteiger partial charge in [-0.2, -0.15) is 0 Å². The maximum atomic E-state index is 11.7. The van der Waals surface area contributed by atoms with Gasteiger partial charge in [0.25, 0.3) is 0 Å². The number of piperidine rings is 1. The van der Waals surface area contributed by atoms with Gasteiger partial charge in [0.05, 0.1) is 6.04 Å². The van der Waals surface area contributed by atoms with Crippen LogP contribution in [0.4, 0.5) is 0 Å². The molecule has 4 heteroatoms. The van der Waals surface area contributed by atoms with Crippen molar-refractivity contribution in [2.24, 2.45) is 5.73 Å². The third-order valence-corrected chi connectivity index (χ3v) is 3.01. The number of hydrogen-bond donors (Lipinski definition) is 1. The quantitative estimate of drug-likeness (QED) is 0.582. The van der Waals surface area contributed by atoms with Crippen molar-refractivity contribution in [3.63, 3.8) is 0 Å². The zero-order valence-corrected chi connectivity index (χ0v) is 8.07. The summed E-state index contributed by atoms with van der Waals surface area (Å²) in [5.74, 6) is 0.276. The van der Waals surface area contributed by atoms with E-state index in [1.54, 1.807) is 0 Å². The summed E-state index contributed by atoms with van der Waals surface area (Å²) in [6.45, 7) is 2.70. The average Bonchev–Trinajstić information content (AvgIpc) is 2.05. The largest absolute Gasteiger partial charge is 0.344 e. The lowest BCUT2D eigenvalue weighted by atomic mass is 9.98. The second-order valence-electron chi connectivity index (χ2n) is 4.13. The summed E-state index contributed by atoms with van der Waals surface area (Å²) in [5, 5.41) is 0. The monoisotopic (exact) mass is 183 g/mol. The van der Waals surface area contributed by atoms with Gasteiger partial charge in [-0.15, -0.1) is 0 Å². The summed E-state index contributed by atoms with van der Waals surface area (Å²) < 4.78 is 0. The topological polar surface area (TPSA) is 49.6 Å². The lowest BCUT2D eigenvalue weighted by molar-refractivity contribution is -0.140. The van der Waals surface area contributed by atoms with E-state index in [9.17, 15) is 4.79 Å². The van der Waals surface area contributed by atoms with Gasteiger partial charge in [0.15, 0.2) is 0 Å². The molecular weight excluding hydrogens is 166 g/mol. The first-order chi connectivity index (χ1) is 6.18. The SMILES string of the molecule is CN1CCCC(N2CC(N)C2)C1=O. The van der Waals surface area contributed by atoms with E-state index in [1.165, 1.54) is 0 Å². The number of rotatable bonds is 1. The molecule has 1 amide bonds. The Morgan fingerprint density at radius 2 is 2.15 bits per heavy atom. The molecule has 4 nitrogen and oxygen atoms in total. The van der Waals surface area contributed by atoms with Crippen LogP contribution in [0.5, 0.6) is 0 Å². The maximum absolute atomic E-state index is 11.7. The second-order valence-corrected chi connectivity index (χ2v) is 4.13. The van der Waals surface area contributed by atoms with Crippen LogP contribution in [0, 0.1) is 0 Å². The summed E-state index contributed by atoms with van der Waals surface area (Å²) >= 11 is 0. The first-order valence-corrected chi connectivity index (χ1v) is 4.93. The van der Waals surface area contributed by atoms with E-state index < -0.39 is 0 Å². The Labute approximate surface area is 78.7 Å². The number of likely N-dealkylation sites (N-methyl/N-ethyl adjacent to an activating group) is 1. The third-order valence-electron chi connectivity index (χ3n) is 3.01. The molecule has 2 aliphatic heterocycles. The van der Waals surface area contributed by atoms with Gasteiger partial charge in [-0.25, -0.2) is 0 Å². The van der Waals surface area contributed by atoms with E-state index in [-0.39, 0.29) is 11.9 Å². The molecule has 13 heavy (non-hydrogen) atoms. The van der Waals surface area contributed by atoms with Crippen LogP contribution in [-0.2, 0) is 4.79 Å². The zero-order valence-electron chi connectivity index (χ0n) is 8.07. The highest BCUT2D eigenvalue weighted by molar-refractivity contribution is 5.82. The fourth-order valence-electron chi connectivity index (χ4n) is 2.15. The molecule has 74 valence electrons. The van der Waals surface area contributed by atoms with Crippen molar-refractivity contribution in [1.29, 1.82) is 0 Å². The summed E-state index contributed by atoms with van der Waals surface area (Å²) in [5.41, 5.74) is 5.69. The molecule has 0 aliphatic carbocycles. The number of amides is 1. The Balaban J connectivity index is 1.94. The standard InChI is InChI=1S/C9H17N3O/c1-11-4-2-3-8(9(11)13)12-5-7(10)6-12/h7-8H,2-6,10H2,1H3. The van der Waals surface area contributed by atoms with Gasteiger partial charge in [0.2, 0.25) is 5.91 Å². The van der Waals surface area contributed by atoms with Crippen LogP contribution in [-0.4, -0.2) is 54.5 Å². The highest BCUT2D eigenvalue weighted by atomic mass is 16.2. The van der Waals surface area contributed by atoms with E-state index in [1.807, 2.05) is 11.9 Å². The number of carbonyl (C=O) groups excluding carboxylic acids is 1. The molecule has 2 heterocycles. The van der Waals surface area contributed by atoms with E-state index in [4.69, 9.17) is 5.73 Å². The van der Waals surface area contributed by atoms with Crippen LogP contribution in [0.25, 0.3) is 0 Å². The van der Waals surface area contributed by atoms with Crippen molar-refractivity contribution in [2.45, 2.75) is 24.9 Å². The zero-order chi connectivity index (χ0) is 9.42. The smallest absolute Gasteiger partial charge is 0.239 e. The van der Waals surface area contributed by atoms with Gasteiger partial charge in [-0.3, -0.25) is 9.69 Å². The van der Waals surface area contributed by atoms with Gasteiger partial charge in [0, 0.05) is 32.7 Å². The molecule has 2 fully saturated rings. The maximum Gasteiger partial charge on any atom is 0.239 e. The molecule has 0 aromatic rings. The van der Waals surface area contributed by atoms with Crippen molar-refractivity contribution >= 4 is 5.91 Å². The molecule has 2 N–H and O–H groups in total. The third kappa shape index (κ3) is 1.56. The average molecular weight is 183 g/mol. The number of likely N-dealkylation sites (tertiary alicyclic amines) is 2. The Morgan fingerprint density at radius 3 is 2.77 bits per heavy atom. The highest BCUT2D eigenvalue weighted by Crippen LogP contribution is 2.20. The minimum Gasteiger partial charge on any atom is -0.344 e. The van der Waals surface area contributed by atoms with Crippen molar-refractivity contribution in [3.8, 4) is 0 Å². The Bertz CT molecular complexity index is 213. The minimum atomic E-state index is 0.124. The minimum absolute atomic E-state index is 0.124. The van der Waals surface area contributed by atoms with Crippen LogP contribution in [0.3, 0.4) is 0 Å². The van der Waals surface area contributed by atoms with Crippen molar-refractivity contribution < 1.29 is 4.79 Å². The van der Waals surface area contributed by atoms with E-state index in [0.29, 0.717) is 6.04 Å². The van der Waals surface area contributed by atoms with Crippen LogP contribution in [0.15, 0.2) is 0 Å². The molecule has 0 saturated carbocycles. The van der Waals surface area contributed by atoms with Gasteiger partial charge in [-0.1, -0.05) is 0 Å². The normalized spacial score (nSPS) is 32.0. The van der Waals surface area contributed by atoms with Gasteiger partial charge < -0.3 is 10.6 Å². The Morgan fingerprint density at radius 1 is 1.46 bits per heavy atom. The number of carbonyl (C=O) groups is 1. The molecule has 0 spiro atoms. The number of nitrogens with zero attached hydrogens (tertiary/aromatic N) is 2.